The summed E-state index contributed by atoms with van der Waals surface area (Å²) in [6, 6.07) is -0.868. The van der Waals surface area contributed by atoms with Gasteiger partial charge in [0.1, 0.15) is 13.2 Å². The molecule has 1 amide bonds. The van der Waals surface area contributed by atoms with Crippen LogP contribution in [0.25, 0.3) is 0 Å². The Labute approximate surface area is 509 Å². The summed E-state index contributed by atoms with van der Waals surface area (Å²) in [4.78, 5) is 23.4. The first-order chi connectivity index (χ1) is 40.0. The van der Waals surface area contributed by atoms with Crippen LogP contribution in [0.1, 0.15) is 322 Å². The largest absolute Gasteiger partial charge is 0.472 e. The summed E-state index contributed by atoms with van der Waals surface area (Å²) in [7, 11) is 1.56. The lowest BCUT2D eigenvalue weighted by Gasteiger charge is -2.25. The number of carbonyl (C=O) groups is 1. The van der Waals surface area contributed by atoms with E-state index >= 15 is 0 Å². The molecule has 0 aromatic carbocycles. The van der Waals surface area contributed by atoms with E-state index in [4.69, 9.17) is 9.05 Å². The number of allylic oxidation sites excluding steroid dienone is 13. The second-order valence-corrected chi connectivity index (χ2v) is 26.3. The Bertz CT molecular complexity index is 1610. The van der Waals surface area contributed by atoms with Crippen molar-refractivity contribution in [2.45, 2.75) is 334 Å². The van der Waals surface area contributed by atoms with Gasteiger partial charge in [0.05, 0.1) is 39.9 Å². The van der Waals surface area contributed by atoms with Gasteiger partial charge >= 0.3 is 7.82 Å². The molecule has 0 rings (SSSR count). The van der Waals surface area contributed by atoms with Gasteiger partial charge in [0.25, 0.3) is 0 Å². The average Bonchev–Trinajstić information content (AvgIpc) is 3.47. The van der Waals surface area contributed by atoms with E-state index in [-0.39, 0.29) is 19.1 Å². The molecule has 0 aliphatic carbocycles. The molecule has 0 aliphatic rings. The minimum absolute atomic E-state index is 0.0547. The molecule has 3 N–H and O–H groups in total. The van der Waals surface area contributed by atoms with Crippen molar-refractivity contribution in [2.75, 3.05) is 40.9 Å². The third-order valence-electron chi connectivity index (χ3n) is 15.6. The van der Waals surface area contributed by atoms with Crippen molar-refractivity contribution >= 4 is 13.7 Å². The number of nitrogens with one attached hydrogen (secondary N) is 1. The van der Waals surface area contributed by atoms with Crippen LogP contribution in [0, 0.1) is 0 Å². The van der Waals surface area contributed by atoms with Gasteiger partial charge in [0, 0.05) is 6.42 Å². The molecule has 0 saturated carbocycles. The fourth-order valence-corrected chi connectivity index (χ4v) is 10.9. The minimum atomic E-state index is -4.37. The van der Waals surface area contributed by atoms with Gasteiger partial charge in [-0.2, -0.15) is 0 Å². The lowest BCUT2D eigenvalue weighted by Crippen LogP contribution is -2.45. The number of nitrogens with zero attached hydrogens (tertiary/aromatic N) is 1. The number of quaternary nitrogens is 1. The van der Waals surface area contributed by atoms with Gasteiger partial charge in [-0.15, -0.1) is 0 Å². The van der Waals surface area contributed by atoms with E-state index in [2.05, 4.69) is 92.1 Å². The monoisotopic (exact) mass is 1170 g/mol. The van der Waals surface area contributed by atoms with Gasteiger partial charge in [-0.25, -0.2) is 4.57 Å². The zero-order valence-corrected chi connectivity index (χ0v) is 55.6. The van der Waals surface area contributed by atoms with E-state index in [1.165, 1.54) is 231 Å². The van der Waals surface area contributed by atoms with Gasteiger partial charge in [0.2, 0.25) is 5.91 Å². The smallest absolute Gasteiger partial charge is 0.387 e. The van der Waals surface area contributed by atoms with Crippen LogP contribution in [-0.4, -0.2) is 73.4 Å². The molecular weight excluding hydrogens is 1030 g/mol. The van der Waals surface area contributed by atoms with E-state index in [1.54, 1.807) is 6.08 Å². The fraction of sp³-hybridized carbons (Fsp3) is 0.795. The molecule has 0 aliphatic heterocycles. The van der Waals surface area contributed by atoms with Crippen molar-refractivity contribution in [1.82, 2.24) is 5.32 Å². The average molecular weight is 1170 g/mol. The maximum Gasteiger partial charge on any atom is 0.472 e. The molecular formula is C73H136N2O6P+. The number of phosphoric ester groups is 1. The Morgan fingerprint density at radius 3 is 1.12 bits per heavy atom. The first kappa shape index (κ1) is 79.7. The molecule has 3 atom stereocenters. The zero-order chi connectivity index (χ0) is 59.8. The van der Waals surface area contributed by atoms with Gasteiger partial charge in [-0.05, 0) is 77.0 Å². The van der Waals surface area contributed by atoms with Crippen LogP contribution in [0.15, 0.2) is 85.1 Å². The predicted octanol–water partition coefficient (Wildman–Crippen LogP) is 22.3. The number of amides is 1. The van der Waals surface area contributed by atoms with Crippen LogP contribution in [0.4, 0.5) is 0 Å². The second kappa shape index (κ2) is 63.2. The summed E-state index contributed by atoms with van der Waals surface area (Å²) in [6.45, 7) is 4.72. The van der Waals surface area contributed by atoms with Crippen molar-refractivity contribution in [1.29, 1.82) is 0 Å². The Hall–Kier alpha value is -2.32. The lowest BCUT2D eigenvalue weighted by atomic mass is 10.0. The fourth-order valence-electron chi connectivity index (χ4n) is 10.2. The standard InChI is InChI=1S/C73H135N2O6P/c1-6-8-10-12-14-16-18-20-22-24-26-28-30-32-34-35-36-37-38-39-41-43-45-47-49-51-53-55-57-59-61-63-65-67-73(77)74-71(70-81-82(78,79)80-69-68-75(3,4)5)72(76)66-64-62-60-58-56-54-52-50-48-46-44-42-40-33-31-29-27-25-23-21-19-17-15-13-11-9-7-2/h8,10,14,16,20,22,26,28,32,34,56,58,64,66,71-72,76H,6-7,9,11-13,15,17-19,21,23-25,27,29-31,33,35-55,57,59-63,65,67-70H2,1-5H3,(H-,74,77,78,79)/p+1/b10-8-,16-14-,22-20-,28-26-,34-32-,58-56+,66-64+. The number of rotatable bonds is 64. The maximum atomic E-state index is 13.1. The van der Waals surface area contributed by atoms with Crippen molar-refractivity contribution < 1.29 is 32.9 Å². The van der Waals surface area contributed by atoms with Crippen molar-refractivity contribution in [3.63, 3.8) is 0 Å². The normalized spacial score (nSPS) is 14.2. The summed E-state index contributed by atoms with van der Waals surface area (Å²) in [5.74, 6) is -0.184. The predicted molar refractivity (Wildman–Crippen MR) is 360 cm³/mol. The summed E-state index contributed by atoms with van der Waals surface area (Å²) in [5.41, 5.74) is 0. The number of aliphatic hydroxyl groups is 1. The first-order valence-electron chi connectivity index (χ1n) is 35.0. The Balaban J connectivity index is 4.10. The lowest BCUT2D eigenvalue weighted by molar-refractivity contribution is -0.870. The molecule has 0 bridgehead atoms. The van der Waals surface area contributed by atoms with E-state index in [9.17, 15) is 19.4 Å². The molecule has 9 heteroatoms. The van der Waals surface area contributed by atoms with E-state index in [0.29, 0.717) is 17.4 Å². The summed E-state index contributed by atoms with van der Waals surface area (Å²) in [5, 5.41) is 14.0. The van der Waals surface area contributed by atoms with Crippen LogP contribution in [0.3, 0.4) is 0 Å². The minimum Gasteiger partial charge on any atom is -0.387 e. The Morgan fingerprint density at radius 2 is 0.744 bits per heavy atom. The van der Waals surface area contributed by atoms with Gasteiger partial charge < -0.3 is 19.8 Å². The SMILES string of the molecule is CC/C=C\C/C=C\C/C=C\C/C=C\C/C=C\CCCCCCCCCCCCCCCCCCCC(=O)NC(COP(=O)(O)OCC[N+](C)(C)C)C(O)/C=C/CC/C=C/CCCCCCCCCCCCCCCCCCCCCCC. The van der Waals surface area contributed by atoms with Crippen LogP contribution in [-0.2, 0) is 18.4 Å². The zero-order valence-electron chi connectivity index (χ0n) is 54.7. The van der Waals surface area contributed by atoms with Gasteiger partial charge in [-0.3, -0.25) is 13.8 Å². The van der Waals surface area contributed by atoms with Crippen LogP contribution < -0.4 is 5.32 Å². The topological polar surface area (TPSA) is 105 Å². The number of unbranched alkanes of at least 4 members (excludes halogenated alkanes) is 39. The quantitative estimate of drug-likeness (QED) is 0.0243. The highest BCUT2D eigenvalue weighted by molar-refractivity contribution is 7.47. The van der Waals surface area contributed by atoms with Crippen LogP contribution in [0.2, 0.25) is 0 Å². The molecule has 478 valence electrons. The van der Waals surface area contributed by atoms with Gasteiger partial charge in [-0.1, -0.05) is 324 Å². The molecule has 0 saturated heterocycles. The molecule has 0 fully saturated rings. The van der Waals surface area contributed by atoms with Crippen molar-refractivity contribution in [2.24, 2.45) is 0 Å². The number of hydrogen-bond acceptors (Lipinski definition) is 5. The number of phosphoric acid groups is 1. The highest BCUT2D eigenvalue weighted by Gasteiger charge is 2.28. The van der Waals surface area contributed by atoms with Crippen molar-refractivity contribution in [3.05, 3.63) is 85.1 Å². The Kier molecular flexibility index (Phi) is 61.4. The summed E-state index contributed by atoms with van der Waals surface area (Å²) in [6.07, 6.45) is 90.2. The number of likely N-dealkylation sites (N-methyl/N-ethyl adjacent to an activating group) is 1. The van der Waals surface area contributed by atoms with Crippen LogP contribution in [0.5, 0.6) is 0 Å². The van der Waals surface area contributed by atoms with E-state index < -0.39 is 20.0 Å². The molecule has 0 heterocycles. The molecule has 0 spiro atoms. The van der Waals surface area contributed by atoms with Crippen LogP contribution >= 0.6 is 7.82 Å². The summed E-state index contributed by atoms with van der Waals surface area (Å²) < 4.78 is 23.8. The first-order valence-corrected chi connectivity index (χ1v) is 36.5. The summed E-state index contributed by atoms with van der Waals surface area (Å²) >= 11 is 0. The molecule has 82 heavy (non-hydrogen) atoms. The molecule has 0 radical (unpaired) electrons. The molecule has 8 nitrogen and oxygen atoms in total. The highest BCUT2D eigenvalue weighted by Crippen LogP contribution is 2.43. The van der Waals surface area contributed by atoms with E-state index in [0.717, 1.165) is 70.6 Å². The molecule has 0 aromatic rings. The second-order valence-electron chi connectivity index (χ2n) is 24.9. The third-order valence-corrected chi connectivity index (χ3v) is 16.6. The molecule has 0 aromatic heterocycles. The molecule has 3 unspecified atom stereocenters. The van der Waals surface area contributed by atoms with Crippen molar-refractivity contribution in [3.8, 4) is 0 Å². The number of aliphatic hydroxyl groups excluding tert-OH is 1. The number of carbonyl (C=O) groups excluding carboxylic acids is 1. The van der Waals surface area contributed by atoms with Gasteiger partial charge in [0.15, 0.2) is 0 Å². The highest BCUT2D eigenvalue weighted by atomic mass is 31.2. The maximum absolute atomic E-state index is 13.1. The number of hydrogen-bond donors (Lipinski definition) is 3. The van der Waals surface area contributed by atoms with E-state index in [1.807, 2.05) is 27.2 Å². The third kappa shape index (κ3) is 65.2. The Morgan fingerprint density at radius 1 is 0.427 bits per heavy atom.